The van der Waals surface area contributed by atoms with Crippen LogP contribution in [0.15, 0.2) is 78.9 Å². The summed E-state index contributed by atoms with van der Waals surface area (Å²) in [5.41, 5.74) is 7.63. The van der Waals surface area contributed by atoms with Crippen molar-refractivity contribution in [2.45, 2.75) is 6.92 Å². The first-order chi connectivity index (χ1) is 13.7. The maximum absolute atomic E-state index is 5.06. The van der Waals surface area contributed by atoms with E-state index in [0.29, 0.717) is 0 Å². The monoisotopic (exact) mass is 475 g/mol. The number of H-pyrrole nitrogens is 2. The SMILES string of the molecule is Cc1[nH]c2ccccc2c1-c1nc(-c2ccccc2)c(-c2ccc(I)cc2)[nH]1. The molecule has 3 nitrogen and oxygen atoms in total. The molecule has 0 atom stereocenters. The lowest BCUT2D eigenvalue weighted by Gasteiger charge is -2.03. The van der Waals surface area contributed by atoms with Crippen molar-refractivity contribution in [1.29, 1.82) is 0 Å². The van der Waals surface area contributed by atoms with Crippen LogP contribution in [-0.4, -0.2) is 15.0 Å². The minimum atomic E-state index is 0.891. The normalized spacial score (nSPS) is 11.2. The van der Waals surface area contributed by atoms with E-state index in [1.165, 1.54) is 8.96 Å². The highest BCUT2D eigenvalue weighted by atomic mass is 127. The predicted molar refractivity (Wildman–Crippen MR) is 124 cm³/mol. The number of hydrogen-bond donors (Lipinski definition) is 2. The van der Waals surface area contributed by atoms with Gasteiger partial charge in [-0.25, -0.2) is 4.98 Å². The summed E-state index contributed by atoms with van der Waals surface area (Å²) in [5.74, 6) is 0.891. The van der Waals surface area contributed by atoms with Crippen LogP contribution in [0, 0.1) is 10.5 Å². The van der Waals surface area contributed by atoms with Crippen molar-refractivity contribution in [3.63, 3.8) is 0 Å². The molecule has 0 unspecified atom stereocenters. The fraction of sp³-hybridized carbons (Fsp3) is 0.0417. The number of aryl methyl sites for hydroxylation is 1. The lowest BCUT2D eigenvalue weighted by Crippen LogP contribution is -1.84. The second-order valence-corrected chi connectivity index (χ2v) is 8.10. The van der Waals surface area contributed by atoms with Crippen molar-refractivity contribution < 1.29 is 0 Å². The van der Waals surface area contributed by atoms with Crippen LogP contribution >= 0.6 is 22.6 Å². The van der Waals surface area contributed by atoms with Crippen LogP contribution in [0.1, 0.15) is 5.69 Å². The molecule has 2 aromatic heterocycles. The van der Waals surface area contributed by atoms with Crippen molar-refractivity contribution >= 4 is 33.5 Å². The second-order valence-electron chi connectivity index (χ2n) is 6.85. The minimum Gasteiger partial charge on any atom is -0.358 e. The highest BCUT2D eigenvalue weighted by Gasteiger charge is 2.19. The third-order valence-electron chi connectivity index (χ3n) is 5.01. The molecule has 3 aromatic carbocycles. The molecule has 5 aromatic rings. The Bertz CT molecular complexity index is 1260. The van der Waals surface area contributed by atoms with Gasteiger partial charge in [0.1, 0.15) is 5.82 Å². The van der Waals surface area contributed by atoms with Gasteiger partial charge in [0.2, 0.25) is 0 Å². The summed E-state index contributed by atoms with van der Waals surface area (Å²) in [6, 6.07) is 27.3. The topological polar surface area (TPSA) is 44.5 Å². The zero-order valence-electron chi connectivity index (χ0n) is 15.3. The molecule has 28 heavy (non-hydrogen) atoms. The number of nitrogens with one attached hydrogen (secondary N) is 2. The Morgan fingerprint density at radius 2 is 1.46 bits per heavy atom. The summed E-state index contributed by atoms with van der Waals surface area (Å²) in [6.07, 6.45) is 0. The molecular weight excluding hydrogens is 457 g/mol. The molecule has 0 saturated carbocycles. The highest BCUT2D eigenvalue weighted by Crippen LogP contribution is 2.36. The standard InChI is InChI=1S/C24H18IN3/c1-15-21(19-9-5-6-10-20(19)26-15)24-27-22(16-7-3-2-4-8-16)23(28-24)17-11-13-18(25)14-12-17/h2-14,26H,1H3,(H,27,28). The lowest BCUT2D eigenvalue weighted by molar-refractivity contribution is 1.25. The number of fused-ring (bicyclic) bond motifs is 1. The Morgan fingerprint density at radius 3 is 2.25 bits per heavy atom. The van der Waals surface area contributed by atoms with Crippen LogP contribution in [0.2, 0.25) is 0 Å². The first-order valence-electron chi connectivity index (χ1n) is 9.20. The van der Waals surface area contributed by atoms with Gasteiger partial charge in [-0.3, -0.25) is 0 Å². The molecule has 0 aliphatic heterocycles. The molecule has 0 fully saturated rings. The van der Waals surface area contributed by atoms with Crippen molar-refractivity contribution in [2.24, 2.45) is 0 Å². The van der Waals surface area contributed by atoms with Gasteiger partial charge in [-0.15, -0.1) is 0 Å². The van der Waals surface area contributed by atoms with E-state index in [-0.39, 0.29) is 0 Å². The minimum absolute atomic E-state index is 0.891. The van der Waals surface area contributed by atoms with Gasteiger partial charge in [0, 0.05) is 36.9 Å². The van der Waals surface area contributed by atoms with Crippen molar-refractivity contribution in [3.05, 3.63) is 88.1 Å². The molecular formula is C24H18IN3. The third kappa shape index (κ3) is 2.94. The molecule has 0 spiro atoms. The van der Waals surface area contributed by atoms with Crippen LogP contribution in [0.25, 0.3) is 44.8 Å². The van der Waals surface area contributed by atoms with E-state index in [1.807, 2.05) is 6.07 Å². The Hall–Kier alpha value is -2.86. The number of imidazole rings is 1. The van der Waals surface area contributed by atoms with E-state index < -0.39 is 0 Å². The summed E-state index contributed by atoms with van der Waals surface area (Å²) in [7, 11) is 0. The van der Waals surface area contributed by atoms with Crippen LogP contribution in [0.3, 0.4) is 0 Å². The van der Waals surface area contributed by atoms with Gasteiger partial charge < -0.3 is 9.97 Å². The van der Waals surface area contributed by atoms with Crippen molar-refractivity contribution in [3.8, 4) is 33.9 Å². The third-order valence-corrected chi connectivity index (χ3v) is 5.73. The zero-order valence-corrected chi connectivity index (χ0v) is 17.5. The number of nitrogens with zero attached hydrogens (tertiary/aromatic N) is 1. The number of benzene rings is 3. The quantitative estimate of drug-likeness (QED) is 0.277. The molecule has 0 aliphatic rings. The second kappa shape index (κ2) is 6.95. The van der Waals surface area contributed by atoms with Gasteiger partial charge >= 0.3 is 0 Å². The van der Waals surface area contributed by atoms with Crippen LogP contribution in [-0.2, 0) is 0 Å². The lowest BCUT2D eigenvalue weighted by atomic mass is 10.1. The average molecular weight is 475 g/mol. The Morgan fingerprint density at radius 1 is 0.750 bits per heavy atom. The Kier molecular flexibility index (Phi) is 4.28. The molecule has 5 rings (SSSR count). The highest BCUT2D eigenvalue weighted by molar-refractivity contribution is 14.1. The molecule has 136 valence electrons. The van der Waals surface area contributed by atoms with Gasteiger partial charge in [-0.1, -0.05) is 60.7 Å². The molecule has 2 N–H and O–H groups in total. The molecule has 0 bridgehead atoms. The summed E-state index contributed by atoms with van der Waals surface area (Å²) in [5, 5.41) is 1.18. The van der Waals surface area contributed by atoms with E-state index in [9.17, 15) is 0 Å². The van der Waals surface area contributed by atoms with E-state index in [4.69, 9.17) is 4.98 Å². The number of rotatable bonds is 3. The van der Waals surface area contributed by atoms with Crippen LogP contribution in [0.4, 0.5) is 0 Å². The van der Waals surface area contributed by atoms with Gasteiger partial charge in [0.05, 0.1) is 11.4 Å². The molecule has 0 aliphatic carbocycles. The molecule has 0 saturated heterocycles. The summed E-state index contributed by atoms with van der Waals surface area (Å²) < 4.78 is 1.22. The number of aromatic nitrogens is 3. The molecule has 0 amide bonds. The molecule has 4 heteroatoms. The number of hydrogen-bond acceptors (Lipinski definition) is 1. The smallest absolute Gasteiger partial charge is 0.140 e. The summed E-state index contributed by atoms with van der Waals surface area (Å²) >= 11 is 2.33. The fourth-order valence-electron chi connectivity index (χ4n) is 3.70. The first-order valence-corrected chi connectivity index (χ1v) is 10.3. The number of aromatic amines is 2. The van der Waals surface area contributed by atoms with Gasteiger partial charge in [0.15, 0.2) is 0 Å². The maximum Gasteiger partial charge on any atom is 0.140 e. The summed E-state index contributed by atoms with van der Waals surface area (Å²) in [4.78, 5) is 12.2. The number of halogens is 1. The van der Waals surface area contributed by atoms with Crippen molar-refractivity contribution in [2.75, 3.05) is 0 Å². The fourth-order valence-corrected chi connectivity index (χ4v) is 4.06. The molecule has 2 heterocycles. The average Bonchev–Trinajstić information content (AvgIpc) is 3.29. The maximum atomic E-state index is 5.06. The Balaban J connectivity index is 1.76. The van der Waals surface area contributed by atoms with Gasteiger partial charge in [-0.05, 0) is 47.7 Å². The van der Waals surface area contributed by atoms with Gasteiger partial charge in [0.25, 0.3) is 0 Å². The van der Waals surface area contributed by atoms with E-state index in [0.717, 1.165) is 45.1 Å². The van der Waals surface area contributed by atoms with Crippen LogP contribution < -0.4 is 0 Å². The Labute approximate surface area is 177 Å². The predicted octanol–water partition coefficient (Wildman–Crippen LogP) is 6.81. The van der Waals surface area contributed by atoms with E-state index in [1.54, 1.807) is 0 Å². The van der Waals surface area contributed by atoms with Crippen LogP contribution in [0.5, 0.6) is 0 Å². The molecule has 0 radical (unpaired) electrons. The summed E-state index contributed by atoms with van der Waals surface area (Å²) in [6.45, 7) is 2.10. The van der Waals surface area contributed by atoms with Crippen molar-refractivity contribution in [1.82, 2.24) is 15.0 Å². The first kappa shape index (κ1) is 17.3. The number of para-hydroxylation sites is 1. The van der Waals surface area contributed by atoms with E-state index >= 15 is 0 Å². The van der Waals surface area contributed by atoms with E-state index in [2.05, 4.69) is 112 Å². The van der Waals surface area contributed by atoms with Gasteiger partial charge in [-0.2, -0.15) is 0 Å². The largest absolute Gasteiger partial charge is 0.358 e. The zero-order chi connectivity index (χ0) is 19.1.